The fraction of sp³-hybridized carbons (Fsp3) is 0.667. The fourth-order valence-electron chi connectivity index (χ4n) is 2.33. The number of aromatic nitrogens is 2. The normalized spacial score (nSPS) is 21.6. The predicted molar refractivity (Wildman–Crippen MR) is 68.4 cm³/mol. The van der Waals surface area contributed by atoms with Gasteiger partial charge in [-0.05, 0) is 45.0 Å². The topological polar surface area (TPSA) is 67.1 Å². The molecule has 0 bridgehead atoms. The molecule has 0 aliphatic carbocycles. The molecule has 2 heterocycles. The minimum atomic E-state index is 0.536. The molecule has 0 saturated carbocycles. The van der Waals surface area contributed by atoms with Crippen molar-refractivity contribution >= 4 is 5.82 Å². The van der Waals surface area contributed by atoms with E-state index < -0.39 is 0 Å². The second kappa shape index (κ2) is 5.93. The molecule has 5 heteroatoms. The molecule has 17 heavy (non-hydrogen) atoms. The SMILES string of the molecule is CN1CCCC(CNCc2nccc(N)n2)C1. The Kier molecular flexibility index (Phi) is 4.28. The Bertz CT molecular complexity index is 355. The second-order valence-corrected chi connectivity index (χ2v) is 4.80. The molecule has 0 spiro atoms. The molecular formula is C12H21N5. The van der Waals surface area contributed by atoms with E-state index in [-0.39, 0.29) is 0 Å². The molecule has 2 rings (SSSR count). The predicted octanol–water partition coefficient (Wildman–Crippen LogP) is 0.490. The summed E-state index contributed by atoms with van der Waals surface area (Å²) < 4.78 is 0. The first-order chi connectivity index (χ1) is 8.24. The second-order valence-electron chi connectivity index (χ2n) is 4.80. The van der Waals surface area contributed by atoms with Crippen molar-refractivity contribution in [1.82, 2.24) is 20.2 Å². The van der Waals surface area contributed by atoms with Crippen molar-refractivity contribution in [3.05, 3.63) is 18.1 Å². The van der Waals surface area contributed by atoms with Gasteiger partial charge in [0.05, 0.1) is 6.54 Å². The summed E-state index contributed by atoms with van der Waals surface area (Å²) in [6.07, 6.45) is 4.32. The quantitative estimate of drug-likeness (QED) is 0.795. The van der Waals surface area contributed by atoms with Crippen molar-refractivity contribution in [3.63, 3.8) is 0 Å². The molecule has 1 aromatic heterocycles. The summed E-state index contributed by atoms with van der Waals surface area (Å²) in [5.74, 6) is 2.05. The third-order valence-corrected chi connectivity index (χ3v) is 3.17. The Morgan fingerprint density at radius 3 is 3.24 bits per heavy atom. The number of piperidine rings is 1. The van der Waals surface area contributed by atoms with Crippen molar-refractivity contribution < 1.29 is 0 Å². The minimum absolute atomic E-state index is 0.536. The molecule has 3 N–H and O–H groups in total. The molecule has 1 atom stereocenters. The molecule has 1 unspecified atom stereocenters. The highest BCUT2D eigenvalue weighted by Gasteiger charge is 2.16. The van der Waals surface area contributed by atoms with Crippen LogP contribution in [0.4, 0.5) is 5.82 Å². The monoisotopic (exact) mass is 235 g/mol. The van der Waals surface area contributed by atoms with Crippen LogP contribution in [0.25, 0.3) is 0 Å². The lowest BCUT2D eigenvalue weighted by atomic mass is 9.98. The number of hydrogen-bond donors (Lipinski definition) is 2. The molecule has 94 valence electrons. The Hall–Kier alpha value is -1.20. The molecule has 1 fully saturated rings. The molecule has 0 amide bonds. The number of anilines is 1. The van der Waals surface area contributed by atoms with Gasteiger partial charge < -0.3 is 16.0 Å². The van der Waals surface area contributed by atoms with Crippen molar-refractivity contribution in [2.75, 3.05) is 32.4 Å². The summed E-state index contributed by atoms with van der Waals surface area (Å²) in [5, 5.41) is 3.41. The molecule has 0 radical (unpaired) electrons. The van der Waals surface area contributed by atoms with Crippen LogP contribution >= 0.6 is 0 Å². The molecular weight excluding hydrogens is 214 g/mol. The van der Waals surface area contributed by atoms with Gasteiger partial charge in [-0.1, -0.05) is 0 Å². The summed E-state index contributed by atoms with van der Waals surface area (Å²) in [5.41, 5.74) is 5.61. The average molecular weight is 235 g/mol. The van der Waals surface area contributed by atoms with Gasteiger partial charge in [-0.25, -0.2) is 9.97 Å². The number of nitrogens with one attached hydrogen (secondary N) is 1. The minimum Gasteiger partial charge on any atom is -0.384 e. The molecule has 1 aromatic rings. The maximum absolute atomic E-state index is 5.61. The zero-order chi connectivity index (χ0) is 12.1. The van der Waals surface area contributed by atoms with E-state index >= 15 is 0 Å². The highest BCUT2D eigenvalue weighted by atomic mass is 15.1. The van der Waals surface area contributed by atoms with Gasteiger partial charge in [-0.3, -0.25) is 0 Å². The number of rotatable bonds is 4. The smallest absolute Gasteiger partial charge is 0.144 e. The zero-order valence-corrected chi connectivity index (χ0v) is 10.4. The van der Waals surface area contributed by atoms with E-state index in [4.69, 9.17) is 5.73 Å². The van der Waals surface area contributed by atoms with E-state index in [1.54, 1.807) is 12.3 Å². The third kappa shape index (κ3) is 3.94. The number of likely N-dealkylation sites (tertiary alicyclic amines) is 1. The summed E-state index contributed by atoms with van der Waals surface area (Å²) in [6.45, 7) is 4.15. The first-order valence-electron chi connectivity index (χ1n) is 6.20. The lowest BCUT2D eigenvalue weighted by molar-refractivity contribution is 0.206. The lowest BCUT2D eigenvalue weighted by Crippen LogP contribution is -2.37. The van der Waals surface area contributed by atoms with E-state index in [9.17, 15) is 0 Å². The van der Waals surface area contributed by atoms with Crippen LogP contribution in [0.3, 0.4) is 0 Å². The van der Waals surface area contributed by atoms with Crippen LogP contribution in [-0.2, 0) is 6.54 Å². The summed E-state index contributed by atoms with van der Waals surface area (Å²) in [6, 6.07) is 1.71. The van der Waals surface area contributed by atoms with E-state index in [0.29, 0.717) is 12.4 Å². The van der Waals surface area contributed by atoms with Crippen LogP contribution < -0.4 is 11.1 Å². The molecule has 1 aliphatic heterocycles. The van der Waals surface area contributed by atoms with E-state index in [1.807, 2.05) is 0 Å². The Morgan fingerprint density at radius 2 is 2.47 bits per heavy atom. The molecule has 0 aromatic carbocycles. The van der Waals surface area contributed by atoms with Gasteiger partial charge in [0.25, 0.3) is 0 Å². The van der Waals surface area contributed by atoms with Crippen LogP contribution in [0, 0.1) is 5.92 Å². The van der Waals surface area contributed by atoms with Crippen molar-refractivity contribution in [2.24, 2.45) is 5.92 Å². The van der Waals surface area contributed by atoms with Crippen LogP contribution in [0.1, 0.15) is 18.7 Å². The number of nitrogens with two attached hydrogens (primary N) is 1. The van der Waals surface area contributed by atoms with Crippen LogP contribution in [0.5, 0.6) is 0 Å². The summed E-state index contributed by atoms with van der Waals surface area (Å²) in [7, 11) is 2.19. The van der Waals surface area contributed by atoms with E-state index in [0.717, 1.165) is 18.3 Å². The number of nitrogens with zero attached hydrogens (tertiary/aromatic N) is 3. The average Bonchev–Trinajstić information content (AvgIpc) is 2.29. The van der Waals surface area contributed by atoms with Gasteiger partial charge in [-0.2, -0.15) is 0 Å². The van der Waals surface area contributed by atoms with Crippen molar-refractivity contribution in [1.29, 1.82) is 0 Å². The highest BCUT2D eigenvalue weighted by molar-refractivity contribution is 5.24. The van der Waals surface area contributed by atoms with Gasteiger partial charge in [-0.15, -0.1) is 0 Å². The molecule has 5 nitrogen and oxygen atoms in total. The first-order valence-corrected chi connectivity index (χ1v) is 6.20. The van der Waals surface area contributed by atoms with Gasteiger partial charge in [0.15, 0.2) is 0 Å². The molecule has 1 aliphatic rings. The number of hydrogen-bond acceptors (Lipinski definition) is 5. The van der Waals surface area contributed by atoms with Crippen molar-refractivity contribution in [2.45, 2.75) is 19.4 Å². The number of nitrogen functional groups attached to an aromatic ring is 1. The maximum Gasteiger partial charge on any atom is 0.144 e. The van der Waals surface area contributed by atoms with Gasteiger partial charge in [0.1, 0.15) is 11.6 Å². The maximum atomic E-state index is 5.61. The summed E-state index contributed by atoms with van der Waals surface area (Å²) in [4.78, 5) is 10.7. The van der Waals surface area contributed by atoms with Crippen molar-refractivity contribution in [3.8, 4) is 0 Å². The highest BCUT2D eigenvalue weighted by Crippen LogP contribution is 2.13. The van der Waals surface area contributed by atoms with Crippen LogP contribution in [0.2, 0.25) is 0 Å². The summed E-state index contributed by atoms with van der Waals surface area (Å²) >= 11 is 0. The van der Waals surface area contributed by atoms with Gasteiger partial charge in [0, 0.05) is 12.7 Å². The Labute approximate surface area is 102 Å². The zero-order valence-electron chi connectivity index (χ0n) is 10.4. The first kappa shape index (κ1) is 12.3. The van der Waals surface area contributed by atoms with Gasteiger partial charge >= 0.3 is 0 Å². The van der Waals surface area contributed by atoms with E-state index in [1.165, 1.54) is 25.9 Å². The Morgan fingerprint density at radius 1 is 1.59 bits per heavy atom. The largest absolute Gasteiger partial charge is 0.384 e. The Balaban J connectivity index is 1.72. The van der Waals surface area contributed by atoms with Crippen LogP contribution in [0.15, 0.2) is 12.3 Å². The fourth-order valence-corrected chi connectivity index (χ4v) is 2.33. The van der Waals surface area contributed by atoms with E-state index in [2.05, 4.69) is 27.2 Å². The molecule has 1 saturated heterocycles. The lowest BCUT2D eigenvalue weighted by Gasteiger charge is -2.29. The standard InChI is InChI=1S/C12H21N5/c1-17-6-2-3-10(9-17)7-14-8-12-15-5-4-11(13)16-12/h4-5,10,14H,2-3,6-9H2,1H3,(H2,13,15,16). The van der Waals surface area contributed by atoms with Crippen LogP contribution in [-0.4, -0.2) is 41.5 Å². The third-order valence-electron chi connectivity index (χ3n) is 3.17. The van der Waals surface area contributed by atoms with Gasteiger partial charge in [0.2, 0.25) is 0 Å².